The van der Waals surface area contributed by atoms with Gasteiger partial charge in [-0.15, -0.1) is 0 Å². The zero-order valence-electron chi connectivity index (χ0n) is 9.29. The van der Waals surface area contributed by atoms with Crippen molar-refractivity contribution in [1.82, 2.24) is 0 Å². The molecule has 0 saturated carbocycles. The number of fused-ring (bicyclic) bond motifs is 1. The second-order valence-corrected chi connectivity index (χ2v) is 5.04. The first-order valence-electron chi connectivity index (χ1n) is 5.51. The highest BCUT2D eigenvalue weighted by Gasteiger charge is 2.35. The maximum absolute atomic E-state index is 9.27. The van der Waals surface area contributed by atoms with Gasteiger partial charge < -0.3 is 4.74 Å². The van der Waals surface area contributed by atoms with E-state index in [1.54, 1.807) is 0 Å². The number of aryl methyl sites for hydroxylation is 1. The Balaban J connectivity index is 2.30. The molecule has 1 unspecified atom stereocenters. The summed E-state index contributed by atoms with van der Waals surface area (Å²) >= 11 is 3.47. The minimum Gasteiger partial charge on any atom is -0.360 e. The quantitative estimate of drug-likeness (QED) is 0.833. The molecule has 0 aromatic heterocycles. The van der Waals surface area contributed by atoms with Gasteiger partial charge in [0.05, 0.1) is 6.07 Å². The molecule has 1 aromatic rings. The van der Waals surface area contributed by atoms with Gasteiger partial charge in [-0.1, -0.05) is 22.0 Å². The minimum absolute atomic E-state index is 0.597. The summed E-state index contributed by atoms with van der Waals surface area (Å²) in [5.41, 5.74) is 1.97. The Hall–Kier alpha value is -0.850. The lowest BCUT2D eigenvalue weighted by Crippen LogP contribution is -2.37. The predicted molar refractivity (Wildman–Crippen MR) is 66.1 cm³/mol. The summed E-state index contributed by atoms with van der Waals surface area (Å²) in [5.74, 6) is 0. The van der Waals surface area contributed by atoms with Crippen LogP contribution in [-0.4, -0.2) is 12.2 Å². The average molecular weight is 280 g/mol. The molecule has 0 bridgehead atoms. The van der Waals surface area contributed by atoms with Crippen molar-refractivity contribution in [2.24, 2.45) is 0 Å². The zero-order valence-corrected chi connectivity index (χ0v) is 10.9. The fourth-order valence-electron chi connectivity index (χ4n) is 2.26. The normalized spacial score (nSPS) is 23.6. The second kappa shape index (κ2) is 4.57. The Morgan fingerprint density at radius 1 is 1.50 bits per heavy atom. The van der Waals surface area contributed by atoms with Gasteiger partial charge in [0.25, 0.3) is 0 Å². The minimum atomic E-state index is -0.602. The van der Waals surface area contributed by atoms with Gasteiger partial charge in [-0.25, -0.2) is 0 Å². The van der Waals surface area contributed by atoms with Crippen LogP contribution in [0.1, 0.15) is 24.5 Å². The van der Waals surface area contributed by atoms with Crippen LogP contribution in [-0.2, 0) is 17.6 Å². The van der Waals surface area contributed by atoms with Gasteiger partial charge in [0, 0.05) is 17.5 Å². The van der Waals surface area contributed by atoms with Gasteiger partial charge in [-0.2, -0.15) is 5.26 Å². The van der Waals surface area contributed by atoms with Crippen LogP contribution in [0.2, 0.25) is 0 Å². The lowest BCUT2D eigenvalue weighted by atomic mass is 9.81. The zero-order chi connectivity index (χ0) is 11.6. The molecule has 1 atom stereocenters. The van der Waals surface area contributed by atoms with E-state index in [1.165, 1.54) is 11.1 Å². The maximum Gasteiger partial charge on any atom is 0.158 e. The lowest BCUT2D eigenvalue weighted by Gasteiger charge is -2.32. The summed E-state index contributed by atoms with van der Waals surface area (Å²) in [6.45, 7) is 2.54. The second-order valence-electron chi connectivity index (χ2n) is 4.13. The van der Waals surface area contributed by atoms with E-state index in [0.29, 0.717) is 13.0 Å². The van der Waals surface area contributed by atoms with E-state index in [9.17, 15) is 5.26 Å². The van der Waals surface area contributed by atoms with Crippen LogP contribution in [0.3, 0.4) is 0 Å². The molecule has 0 aliphatic heterocycles. The monoisotopic (exact) mass is 279 g/mol. The molecule has 0 spiro atoms. The largest absolute Gasteiger partial charge is 0.360 e. The maximum atomic E-state index is 9.27. The Morgan fingerprint density at radius 3 is 3.00 bits per heavy atom. The van der Waals surface area contributed by atoms with E-state index in [-0.39, 0.29) is 0 Å². The summed E-state index contributed by atoms with van der Waals surface area (Å²) in [6.07, 6.45) is 2.42. The summed E-state index contributed by atoms with van der Waals surface area (Å²) in [5, 5.41) is 9.27. The van der Waals surface area contributed by atoms with Crippen LogP contribution in [0.15, 0.2) is 22.7 Å². The smallest absolute Gasteiger partial charge is 0.158 e. The molecule has 0 fully saturated rings. The Bertz CT molecular complexity index is 438. The third kappa shape index (κ3) is 2.14. The third-order valence-corrected chi connectivity index (χ3v) is 3.56. The van der Waals surface area contributed by atoms with Crippen LogP contribution >= 0.6 is 15.9 Å². The fraction of sp³-hybridized carbons (Fsp3) is 0.462. The lowest BCUT2D eigenvalue weighted by molar-refractivity contribution is -0.00441. The van der Waals surface area contributed by atoms with Crippen LogP contribution in [0.5, 0.6) is 0 Å². The number of nitrogens with zero attached hydrogens (tertiary/aromatic N) is 1. The highest BCUT2D eigenvalue weighted by Crippen LogP contribution is 2.32. The van der Waals surface area contributed by atoms with E-state index < -0.39 is 5.60 Å². The molecular formula is C13H14BrNO. The van der Waals surface area contributed by atoms with Crippen molar-refractivity contribution in [3.8, 4) is 6.07 Å². The molecule has 0 radical (unpaired) electrons. The van der Waals surface area contributed by atoms with Gasteiger partial charge in [-0.05, 0) is 43.0 Å². The number of halogens is 1. The van der Waals surface area contributed by atoms with Crippen LogP contribution in [0.4, 0.5) is 0 Å². The van der Waals surface area contributed by atoms with E-state index in [0.717, 1.165) is 17.3 Å². The van der Waals surface area contributed by atoms with Gasteiger partial charge in [0.2, 0.25) is 0 Å². The van der Waals surface area contributed by atoms with Crippen LogP contribution in [0, 0.1) is 11.3 Å². The number of benzene rings is 1. The third-order valence-electron chi connectivity index (χ3n) is 3.07. The van der Waals surface area contributed by atoms with Gasteiger partial charge in [-0.3, -0.25) is 0 Å². The molecule has 0 N–H and O–H groups in total. The SMILES string of the molecule is CCOC1(C#N)CCc2cc(Br)ccc2C1. The first kappa shape index (κ1) is 11.6. The highest BCUT2D eigenvalue weighted by atomic mass is 79.9. The molecule has 3 heteroatoms. The van der Waals surface area contributed by atoms with Gasteiger partial charge in [0.15, 0.2) is 5.60 Å². The van der Waals surface area contributed by atoms with Crippen molar-refractivity contribution in [2.75, 3.05) is 6.61 Å². The average Bonchev–Trinajstić information content (AvgIpc) is 2.30. The van der Waals surface area contributed by atoms with Gasteiger partial charge >= 0.3 is 0 Å². The molecule has 1 aliphatic carbocycles. The topological polar surface area (TPSA) is 33.0 Å². The molecule has 0 amide bonds. The molecule has 0 saturated heterocycles. The fourth-order valence-corrected chi connectivity index (χ4v) is 2.67. The molecule has 2 rings (SSSR count). The summed E-state index contributed by atoms with van der Waals surface area (Å²) in [7, 11) is 0. The Morgan fingerprint density at radius 2 is 2.31 bits per heavy atom. The Labute approximate surface area is 104 Å². The van der Waals surface area contributed by atoms with E-state index >= 15 is 0 Å². The molecule has 1 aliphatic rings. The van der Waals surface area contributed by atoms with Crippen molar-refractivity contribution < 1.29 is 4.74 Å². The standard InChI is InChI=1S/C13H14BrNO/c1-2-16-13(9-15)6-5-10-7-12(14)4-3-11(10)8-13/h3-4,7H,2,5-6,8H2,1H3. The van der Waals surface area contributed by atoms with Crippen LogP contribution in [0.25, 0.3) is 0 Å². The van der Waals surface area contributed by atoms with Crippen molar-refractivity contribution >= 4 is 15.9 Å². The molecule has 1 aromatic carbocycles. The van der Waals surface area contributed by atoms with Crippen molar-refractivity contribution in [3.63, 3.8) is 0 Å². The van der Waals surface area contributed by atoms with Crippen LogP contribution < -0.4 is 0 Å². The summed E-state index contributed by atoms with van der Waals surface area (Å²) in [6, 6.07) is 8.59. The molecule has 2 nitrogen and oxygen atoms in total. The molecule has 0 heterocycles. The number of rotatable bonds is 2. The number of hydrogen-bond donors (Lipinski definition) is 0. The highest BCUT2D eigenvalue weighted by molar-refractivity contribution is 9.10. The van der Waals surface area contributed by atoms with E-state index in [1.807, 2.05) is 13.0 Å². The van der Waals surface area contributed by atoms with E-state index in [2.05, 4.69) is 34.1 Å². The number of ether oxygens (including phenoxy) is 1. The number of hydrogen-bond acceptors (Lipinski definition) is 2. The molecule has 84 valence electrons. The summed E-state index contributed by atoms with van der Waals surface area (Å²) in [4.78, 5) is 0. The van der Waals surface area contributed by atoms with Gasteiger partial charge in [0.1, 0.15) is 0 Å². The Kier molecular flexibility index (Phi) is 3.32. The molecule has 16 heavy (non-hydrogen) atoms. The van der Waals surface area contributed by atoms with Crippen molar-refractivity contribution in [3.05, 3.63) is 33.8 Å². The van der Waals surface area contributed by atoms with Crippen molar-refractivity contribution in [1.29, 1.82) is 5.26 Å². The summed E-state index contributed by atoms with van der Waals surface area (Å²) < 4.78 is 6.74. The van der Waals surface area contributed by atoms with Crippen molar-refractivity contribution in [2.45, 2.75) is 31.8 Å². The first-order chi connectivity index (χ1) is 7.69. The molecular weight excluding hydrogens is 266 g/mol. The first-order valence-corrected chi connectivity index (χ1v) is 6.31. The predicted octanol–water partition coefficient (Wildman–Crippen LogP) is 3.24. The number of nitriles is 1. The van der Waals surface area contributed by atoms with E-state index in [4.69, 9.17) is 4.74 Å².